The molecule has 1 atom stereocenters. The van der Waals surface area contributed by atoms with Crippen LogP contribution in [0.5, 0.6) is 0 Å². The fourth-order valence-electron chi connectivity index (χ4n) is 3.39. The summed E-state index contributed by atoms with van der Waals surface area (Å²) in [7, 11) is 1.67. The van der Waals surface area contributed by atoms with Crippen LogP contribution in [0.25, 0.3) is 0 Å². The highest BCUT2D eigenvalue weighted by Crippen LogP contribution is 2.49. The minimum absolute atomic E-state index is 0.0492. The molecule has 1 unspecified atom stereocenters. The first kappa shape index (κ1) is 16.5. The summed E-state index contributed by atoms with van der Waals surface area (Å²) in [6.45, 7) is 6.51. The van der Waals surface area contributed by atoms with Gasteiger partial charge in [0, 0.05) is 50.7 Å². The Labute approximate surface area is 137 Å². The van der Waals surface area contributed by atoms with Crippen molar-refractivity contribution in [1.29, 1.82) is 0 Å². The van der Waals surface area contributed by atoms with Gasteiger partial charge in [-0.2, -0.15) is 0 Å². The van der Waals surface area contributed by atoms with Gasteiger partial charge < -0.3 is 18.9 Å². The molecular weight excluding hydrogens is 294 g/mol. The first-order chi connectivity index (χ1) is 11.0. The van der Waals surface area contributed by atoms with Gasteiger partial charge in [0.05, 0.1) is 6.04 Å². The summed E-state index contributed by atoms with van der Waals surface area (Å²) in [6, 6.07) is 0.624. The fraction of sp³-hybridized carbons (Fsp3) is 0.765. The second-order valence-corrected chi connectivity index (χ2v) is 7.24. The molecule has 6 heteroatoms. The van der Waals surface area contributed by atoms with Gasteiger partial charge in [0.1, 0.15) is 12.4 Å². The van der Waals surface area contributed by atoms with Gasteiger partial charge in [0.15, 0.2) is 0 Å². The maximum atomic E-state index is 12.5. The summed E-state index contributed by atoms with van der Waals surface area (Å²) < 4.78 is 12.7. The molecule has 6 nitrogen and oxygen atoms in total. The van der Waals surface area contributed by atoms with E-state index in [1.807, 2.05) is 17.3 Å². The maximum Gasteiger partial charge on any atom is 0.249 e. The fourth-order valence-corrected chi connectivity index (χ4v) is 3.39. The predicted octanol–water partition coefficient (Wildman–Crippen LogP) is 2.18. The van der Waals surface area contributed by atoms with Crippen LogP contribution in [0.2, 0.25) is 0 Å². The van der Waals surface area contributed by atoms with Crippen molar-refractivity contribution in [3.63, 3.8) is 0 Å². The lowest BCUT2D eigenvalue weighted by Gasteiger charge is -2.53. The molecule has 128 valence electrons. The number of hydrogen-bond donors (Lipinski definition) is 0. The van der Waals surface area contributed by atoms with E-state index in [2.05, 4.69) is 23.4 Å². The zero-order chi connectivity index (χ0) is 16.4. The van der Waals surface area contributed by atoms with Gasteiger partial charge in [-0.15, -0.1) is 0 Å². The molecular formula is C17H27N3O3. The number of imidazole rings is 1. The van der Waals surface area contributed by atoms with Crippen molar-refractivity contribution in [2.24, 2.45) is 5.41 Å². The molecule has 0 bridgehead atoms. The molecule has 23 heavy (non-hydrogen) atoms. The molecule has 0 aromatic carbocycles. The van der Waals surface area contributed by atoms with Crippen molar-refractivity contribution >= 4 is 5.91 Å². The monoisotopic (exact) mass is 321 g/mol. The van der Waals surface area contributed by atoms with E-state index in [0.29, 0.717) is 19.3 Å². The van der Waals surface area contributed by atoms with Gasteiger partial charge in [0.2, 0.25) is 5.91 Å². The second-order valence-electron chi connectivity index (χ2n) is 7.24. The summed E-state index contributed by atoms with van der Waals surface area (Å²) in [5.41, 5.74) is 0.0592. The normalized spacial score (nSPS) is 22.9. The van der Waals surface area contributed by atoms with Crippen molar-refractivity contribution in [3.8, 4) is 0 Å². The van der Waals surface area contributed by atoms with Crippen molar-refractivity contribution in [2.45, 2.75) is 45.2 Å². The van der Waals surface area contributed by atoms with E-state index >= 15 is 0 Å². The number of nitrogens with zero attached hydrogens (tertiary/aromatic N) is 3. The molecule has 1 saturated heterocycles. The molecule has 1 aromatic rings. The van der Waals surface area contributed by atoms with E-state index in [4.69, 9.17) is 9.47 Å². The first-order valence-electron chi connectivity index (χ1n) is 8.43. The molecule has 0 radical (unpaired) electrons. The third-order valence-corrected chi connectivity index (χ3v) is 4.70. The van der Waals surface area contributed by atoms with E-state index in [0.717, 1.165) is 18.8 Å². The van der Waals surface area contributed by atoms with Crippen LogP contribution < -0.4 is 0 Å². The Morgan fingerprint density at radius 3 is 2.83 bits per heavy atom. The number of methoxy groups -OCH3 is 1. The van der Waals surface area contributed by atoms with Gasteiger partial charge in [-0.1, -0.05) is 13.8 Å². The smallest absolute Gasteiger partial charge is 0.249 e. The number of carbonyl (C=O) groups is 1. The summed E-state index contributed by atoms with van der Waals surface area (Å²) in [5.74, 6) is 1.08. The van der Waals surface area contributed by atoms with Gasteiger partial charge in [-0.3, -0.25) is 4.79 Å². The minimum Gasteiger partial charge on any atom is -0.385 e. The maximum absolute atomic E-state index is 12.5. The standard InChI is InChI=1S/C17H27N3O3/c1-17(2)12-20(14(21)11-23-10-4-9-22-3)15(17)16-18-7-8-19(16)13-5-6-13/h7-8,13,15H,4-6,9-12H2,1-3H3. The molecule has 1 aliphatic carbocycles. The average molecular weight is 321 g/mol. The largest absolute Gasteiger partial charge is 0.385 e. The van der Waals surface area contributed by atoms with Gasteiger partial charge in [0.25, 0.3) is 0 Å². The Hall–Kier alpha value is -1.40. The highest BCUT2D eigenvalue weighted by molar-refractivity contribution is 5.79. The highest BCUT2D eigenvalue weighted by Gasteiger charge is 2.51. The van der Waals surface area contributed by atoms with Crippen molar-refractivity contribution in [3.05, 3.63) is 18.2 Å². The number of likely N-dealkylation sites (tertiary alicyclic amines) is 1. The second kappa shape index (κ2) is 6.61. The van der Waals surface area contributed by atoms with Crippen LogP contribution in [0.1, 0.15) is 51.0 Å². The Bertz CT molecular complexity index is 551. The molecule has 1 aliphatic heterocycles. The number of aromatic nitrogens is 2. The third-order valence-electron chi connectivity index (χ3n) is 4.70. The molecule has 2 fully saturated rings. The topological polar surface area (TPSA) is 56.6 Å². The number of amides is 1. The van der Waals surface area contributed by atoms with Crippen LogP contribution in [0.15, 0.2) is 12.4 Å². The van der Waals surface area contributed by atoms with Crippen LogP contribution in [0.4, 0.5) is 0 Å². The van der Waals surface area contributed by atoms with E-state index in [-0.39, 0.29) is 24.0 Å². The van der Waals surface area contributed by atoms with E-state index in [1.165, 1.54) is 12.8 Å². The number of ether oxygens (including phenoxy) is 2. The van der Waals surface area contributed by atoms with E-state index in [1.54, 1.807) is 7.11 Å². The van der Waals surface area contributed by atoms with E-state index in [9.17, 15) is 4.79 Å². The average Bonchev–Trinajstić information content (AvgIpc) is 3.24. The van der Waals surface area contributed by atoms with Crippen molar-refractivity contribution in [1.82, 2.24) is 14.5 Å². The summed E-state index contributed by atoms with van der Waals surface area (Å²) in [6.07, 6.45) is 7.14. The molecule has 0 spiro atoms. The van der Waals surface area contributed by atoms with Crippen molar-refractivity contribution < 1.29 is 14.3 Å². The first-order valence-corrected chi connectivity index (χ1v) is 8.43. The van der Waals surface area contributed by atoms with Gasteiger partial charge >= 0.3 is 0 Å². The lowest BCUT2D eigenvalue weighted by Crippen LogP contribution is -2.59. The van der Waals surface area contributed by atoms with Crippen LogP contribution in [-0.2, 0) is 14.3 Å². The Morgan fingerprint density at radius 2 is 2.17 bits per heavy atom. The van der Waals surface area contributed by atoms with Crippen LogP contribution in [0.3, 0.4) is 0 Å². The lowest BCUT2D eigenvalue weighted by molar-refractivity contribution is -0.158. The molecule has 1 saturated carbocycles. The van der Waals surface area contributed by atoms with Crippen LogP contribution in [-0.4, -0.2) is 53.8 Å². The SMILES string of the molecule is COCCCOCC(=O)N1CC(C)(C)C1c1nccn1C1CC1. The van der Waals surface area contributed by atoms with Gasteiger partial charge in [-0.25, -0.2) is 4.98 Å². The molecule has 2 heterocycles. The Morgan fingerprint density at radius 1 is 1.39 bits per heavy atom. The van der Waals surface area contributed by atoms with Gasteiger partial charge in [-0.05, 0) is 19.3 Å². The number of hydrogen-bond acceptors (Lipinski definition) is 4. The molecule has 1 aromatic heterocycles. The highest BCUT2D eigenvalue weighted by atomic mass is 16.5. The summed E-state index contributed by atoms with van der Waals surface area (Å²) in [5, 5.41) is 0. The predicted molar refractivity (Wildman–Crippen MR) is 86.0 cm³/mol. The molecule has 0 N–H and O–H groups in total. The summed E-state index contributed by atoms with van der Waals surface area (Å²) >= 11 is 0. The van der Waals surface area contributed by atoms with E-state index < -0.39 is 0 Å². The zero-order valence-corrected chi connectivity index (χ0v) is 14.3. The molecule has 1 amide bonds. The van der Waals surface area contributed by atoms with Crippen LogP contribution in [0, 0.1) is 5.41 Å². The zero-order valence-electron chi connectivity index (χ0n) is 14.3. The quantitative estimate of drug-likeness (QED) is 0.689. The number of carbonyl (C=O) groups excluding carboxylic acids is 1. The molecule has 2 aliphatic rings. The Kier molecular flexibility index (Phi) is 4.73. The van der Waals surface area contributed by atoms with Crippen LogP contribution >= 0.6 is 0 Å². The Balaban J connectivity index is 1.61. The molecule has 3 rings (SSSR count). The number of rotatable bonds is 8. The third kappa shape index (κ3) is 3.43. The minimum atomic E-state index is 0.0492. The lowest BCUT2D eigenvalue weighted by atomic mass is 9.74. The summed E-state index contributed by atoms with van der Waals surface area (Å²) in [4.78, 5) is 19.0. The van der Waals surface area contributed by atoms with Crippen molar-refractivity contribution in [2.75, 3.05) is 33.5 Å².